The van der Waals surface area contributed by atoms with Crippen molar-refractivity contribution < 1.29 is 4.79 Å². The maximum Gasteiger partial charge on any atom is 0.228 e. The van der Waals surface area contributed by atoms with E-state index in [0.29, 0.717) is 16.5 Å². The van der Waals surface area contributed by atoms with Gasteiger partial charge in [-0.2, -0.15) is 0 Å². The van der Waals surface area contributed by atoms with Crippen molar-refractivity contribution in [1.82, 2.24) is 0 Å². The molecule has 1 heterocycles. The SMILES string of the molecule is O=C1Cc2cc(C(Br)Cc3ccc(Cl)c(Cl)c3)ccc2N1. The molecule has 0 radical (unpaired) electrons. The first kappa shape index (κ1) is 14.9. The van der Waals surface area contributed by atoms with E-state index >= 15 is 0 Å². The fourth-order valence-corrected chi connectivity index (χ4v) is 3.41. The van der Waals surface area contributed by atoms with Gasteiger partial charge in [-0.15, -0.1) is 0 Å². The summed E-state index contributed by atoms with van der Waals surface area (Å²) in [5.74, 6) is 0.0535. The summed E-state index contributed by atoms with van der Waals surface area (Å²) >= 11 is 15.7. The third kappa shape index (κ3) is 3.25. The average molecular weight is 385 g/mol. The van der Waals surface area contributed by atoms with Crippen molar-refractivity contribution in [3.8, 4) is 0 Å². The molecular weight excluding hydrogens is 373 g/mol. The van der Waals surface area contributed by atoms with Gasteiger partial charge in [-0.05, 0) is 41.3 Å². The summed E-state index contributed by atoms with van der Waals surface area (Å²) < 4.78 is 0. The number of nitrogens with one attached hydrogen (secondary N) is 1. The molecule has 108 valence electrons. The normalized spacial score (nSPS) is 14.7. The first-order valence-electron chi connectivity index (χ1n) is 6.53. The number of rotatable bonds is 3. The number of alkyl halides is 1. The van der Waals surface area contributed by atoms with Crippen LogP contribution < -0.4 is 5.32 Å². The Labute approximate surface area is 141 Å². The Morgan fingerprint density at radius 1 is 1.14 bits per heavy atom. The molecule has 0 saturated carbocycles. The van der Waals surface area contributed by atoms with E-state index in [4.69, 9.17) is 23.2 Å². The smallest absolute Gasteiger partial charge is 0.228 e. The molecule has 1 aliphatic heterocycles. The lowest BCUT2D eigenvalue weighted by Crippen LogP contribution is -2.03. The summed E-state index contributed by atoms with van der Waals surface area (Å²) in [6.07, 6.45) is 1.26. The molecular formula is C16H12BrCl2NO. The molecule has 0 aliphatic carbocycles. The van der Waals surface area contributed by atoms with Crippen molar-refractivity contribution in [2.24, 2.45) is 0 Å². The summed E-state index contributed by atoms with van der Waals surface area (Å²) in [7, 11) is 0. The van der Waals surface area contributed by atoms with Crippen molar-refractivity contribution >= 4 is 50.7 Å². The van der Waals surface area contributed by atoms with Crippen LogP contribution in [0.1, 0.15) is 21.5 Å². The second-order valence-electron chi connectivity index (χ2n) is 5.06. The minimum absolute atomic E-state index is 0.0535. The molecule has 0 bridgehead atoms. The summed E-state index contributed by atoms with van der Waals surface area (Å²) in [5.41, 5.74) is 4.23. The second-order valence-corrected chi connectivity index (χ2v) is 6.98. The average Bonchev–Trinajstić information content (AvgIpc) is 2.82. The molecule has 0 spiro atoms. The highest BCUT2D eigenvalue weighted by Gasteiger charge is 2.19. The Kier molecular flexibility index (Phi) is 4.25. The monoisotopic (exact) mass is 383 g/mol. The maximum absolute atomic E-state index is 11.4. The second kappa shape index (κ2) is 5.99. The van der Waals surface area contributed by atoms with Gasteiger partial charge >= 0.3 is 0 Å². The number of anilines is 1. The van der Waals surface area contributed by atoms with Crippen LogP contribution in [0.4, 0.5) is 5.69 Å². The number of hydrogen-bond donors (Lipinski definition) is 1. The van der Waals surface area contributed by atoms with Gasteiger partial charge in [0.1, 0.15) is 0 Å². The zero-order valence-electron chi connectivity index (χ0n) is 11.0. The van der Waals surface area contributed by atoms with E-state index in [1.165, 1.54) is 0 Å². The number of benzene rings is 2. The molecule has 1 amide bonds. The Balaban J connectivity index is 1.79. The van der Waals surface area contributed by atoms with Gasteiger partial charge in [0.15, 0.2) is 0 Å². The van der Waals surface area contributed by atoms with E-state index in [9.17, 15) is 4.79 Å². The van der Waals surface area contributed by atoms with Gasteiger partial charge < -0.3 is 5.32 Å². The van der Waals surface area contributed by atoms with Crippen LogP contribution in [0.3, 0.4) is 0 Å². The maximum atomic E-state index is 11.4. The van der Waals surface area contributed by atoms with Gasteiger partial charge in [-0.25, -0.2) is 0 Å². The van der Waals surface area contributed by atoms with Gasteiger partial charge in [0.05, 0.1) is 16.5 Å². The van der Waals surface area contributed by atoms with Crippen molar-refractivity contribution in [3.05, 3.63) is 63.1 Å². The van der Waals surface area contributed by atoms with Crippen molar-refractivity contribution in [2.45, 2.75) is 17.7 Å². The van der Waals surface area contributed by atoms with Gasteiger partial charge in [0.25, 0.3) is 0 Å². The molecule has 5 heteroatoms. The fraction of sp³-hybridized carbons (Fsp3) is 0.188. The van der Waals surface area contributed by atoms with E-state index in [1.807, 2.05) is 30.3 Å². The minimum Gasteiger partial charge on any atom is -0.326 e. The summed E-state index contributed by atoms with van der Waals surface area (Å²) in [6, 6.07) is 11.7. The Morgan fingerprint density at radius 2 is 1.95 bits per heavy atom. The highest BCUT2D eigenvalue weighted by Crippen LogP contribution is 2.33. The molecule has 2 nitrogen and oxygen atoms in total. The molecule has 2 aromatic rings. The number of hydrogen-bond acceptors (Lipinski definition) is 1. The van der Waals surface area contributed by atoms with Crippen LogP contribution >= 0.6 is 39.1 Å². The van der Waals surface area contributed by atoms with Gasteiger partial charge in [0.2, 0.25) is 5.91 Å². The lowest BCUT2D eigenvalue weighted by molar-refractivity contribution is -0.115. The molecule has 3 rings (SSSR count). The number of carbonyl (C=O) groups is 1. The minimum atomic E-state index is 0.0535. The van der Waals surface area contributed by atoms with Crippen LogP contribution in [0, 0.1) is 0 Å². The molecule has 0 aromatic heterocycles. The number of fused-ring (bicyclic) bond motifs is 1. The van der Waals surface area contributed by atoms with E-state index in [1.54, 1.807) is 0 Å². The highest BCUT2D eigenvalue weighted by molar-refractivity contribution is 9.09. The van der Waals surface area contributed by atoms with Crippen molar-refractivity contribution in [1.29, 1.82) is 0 Å². The highest BCUT2D eigenvalue weighted by atomic mass is 79.9. The number of halogens is 3. The molecule has 1 aliphatic rings. The van der Waals surface area contributed by atoms with E-state index in [0.717, 1.165) is 28.8 Å². The zero-order valence-corrected chi connectivity index (χ0v) is 14.1. The molecule has 0 fully saturated rings. The third-order valence-electron chi connectivity index (χ3n) is 3.52. The van der Waals surface area contributed by atoms with E-state index in [2.05, 4.69) is 27.3 Å². The van der Waals surface area contributed by atoms with Crippen molar-refractivity contribution in [2.75, 3.05) is 5.32 Å². The van der Waals surface area contributed by atoms with Crippen LogP contribution in [0.15, 0.2) is 36.4 Å². The first-order chi connectivity index (χ1) is 10.0. The topological polar surface area (TPSA) is 29.1 Å². The summed E-state index contributed by atoms with van der Waals surface area (Å²) in [5, 5.41) is 3.97. The number of carbonyl (C=O) groups excluding carboxylic acids is 1. The van der Waals surface area contributed by atoms with Gasteiger partial charge in [-0.3, -0.25) is 4.79 Å². The molecule has 1 N–H and O–H groups in total. The van der Waals surface area contributed by atoms with Gasteiger partial charge in [0, 0.05) is 10.5 Å². The molecule has 0 saturated heterocycles. The third-order valence-corrected chi connectivity index (χ3v) is 5.11. The quantitative estimate of drug-likeness (QED) is 0.727. The predicted molar refractivity (Wildman–Crippen MR) is 90.6 cm³/mol. The van der Waals surface area contributed by atoms with Crippen LogP contribution in [0.25, 0.3) is 0 Å². The van der Waals surface area contributed by atoms with E-state index < -0.39 is 0 Å². The lowest BCUT2D eigenvalue weighted by Gasteiger charge is -2.12. The largest absolute Gasteiger partial charge is 0.326 e. The van der Waals surface area contributed by atoms with Crippen LogP contribution in [0.5, 0.6) is 0 Å². The van der Waals surface area contributed by atoms with Crippen molar-refractivity contribution in [3.63, 3.8) is 0 Å². The number of amides is 1. The predicted octanol–water partition coefficient (Wildman–Crippen LogP) is 5.17. The van der Waals surface area contributed by atoms with Gasteiger partial charge in [-0.1, -0.05) is 57.3 Å². The Hall–Kier alpha value is -1.03. The Morgan fingerprint density at radius 3 is 2.71 bits per heavy atom. The standard InChI is InChI=1S/C16H12BrCl2NO/c17-12(5-9-1-3-13(18)14(19)6-9)10-2-4-15-11(7-10)8-16(21)20-15/h1-4,6-7,12H,5,8H2,(H,20,21). The first-order valence-corrected chi connectivity index (χ1v) is 8.21. The molecule has 2 aromatic carbocycles. The lowest BCUT2D eigenvalue weighted by atomic mass is 10.0. The zero-order chi connectivity index (χ0) is 15.0. The fourth-order valence-electron chi connectivity index (χ4n) is 2.44. The van der Waals surface area contributed by atoms with Crippen LogP contribution in [0.2, 0.25) is 10.0 Å². The van der Waals surface area contributed by atoms with Crippen LogP contribution in [-0.4, -0.2) is 5.91 Å². The van der Waals surface area contributed by atoms with E-state index in [-0.39, 0.29) is 10.7 Å². The van der Waals surface area contributed by atoms with Crippen LogP contribution in [-0.2, 0) is 17.6 Å². The molecule has 21 heavy (non-hydrogen) atoms. The molecule has 1 unspecified atom stereocenters. The molecule has 1 atom stereocenters. The Bertz CT molecular complexity index is 717. The summed E-state index contributed by atoms with van der Waals surface area (Å²) in [4.78, 5) is 11.6. The summed E-state index contributed by atoms with van der Waals surface area (Å²) in [6.45, 7) is 0.